The standard InChI is InChI=1S/C12H15N7OS/c1-9-16-17-11(21-9)15-12(20)19-6-4-18(5-7-19)10-8-13-2-3-14-10/h2-3,8H,4-7H2,1H3,(H,15,17,20). The summed E-state index contributed by atoms with van der Waals surface area (Å²) >= 11 is 1.37. The van der Waals surface area contributed by atoms with Crippen LogP contribution in [0.15, 0.2) is 18.6 Å². The van der Waals surface area contributed by atoms with Gasteiger partial charge in [0.25, 0.3) is 0 Å². The second-order valence-electron chi connectivity index (χ2n) is 4.59. The zero-order valence-corrected chi connectivity index (χ0v) is 12.4. The third-order valence-electron chi connectivity index (χ3n) is 3.18. The van der Waals surface area contributed by atoms with Gasteiger partial charge in [0, 0.05) is 38.6 Å². The minimum atomic E-state index is -0.134. The molecule has 1 aliphatic heterocycles. The quantitative estimate of drug-likeness (QED) is 0.890. The van der Waals surface area contributed by atoms with E-state index in [9.17, 15) is 4.79 Å². The number of hydrogen-bond acceptors (Lipinski definition) is 7. The van der Waals surface area contributed by atoms with Gasteiger partial charge >= 0.3 is 6.03 Å². The molecule has 3 rings (SSSR count). The zero-order chi connectivity index (χ0) is 14.7. The summed E-state index contributed by atoms with van der Waals surface area (Å²) in [5, 5.41) is 11.9. The summed E-state index contributed by atoms with van der Waals surface area (Å²) < 4.78 is 0. The molecule has 2 amide bonds. The Balaban J connectivity index is 1.54. The smallest absolute Gasteiger partial charge is 0.323 e. The molecule has 110 valence electrons. The van der Waals surface area contributed by atoms with Crippen LogP contribution in [0, 0.1) is 6.92 Å². The molecule has 0 atom stereocenters. The van der Waals surface area contributed by atoms with E-state index in [0.717, 1.165) is 23.9 Å². The Labute approximate surface area is 125 Å². The van der Waals surface area contributed by atoms with E-state index in [4.69, 9.17) is 0 Å². The van der Waals surface area contributed by atoms with Gasteiger partial charge in [-0.1, -0.05) is 11.3 Å². The minimum Gasteiger partial charge on any atom is -0.352 e. The molecular formula is C12H15N7OS. The van der Waals surface area contributed by atoms with Crippen molar-refractivity contribution in [1.82, 2.24) is 25.1 Å². The van der Waals surface area contributed by atoms with Gasteiger partial charge < -0.3 is 9.80 Å². The number of nitrogens with one attached hydrogen (secondary N) is 1. The summed E-state index contributed by atoms with van der Waals surface area (Å²) in [4.78, 5) is 24.3. The first-order valence-corrected chi connectivity index (χ1v) is 7.41. The molecule has 0 bridgehead atoms. The van der Waals surface area contributed by atoms with Gasteiger partial charge in [-0.05, 0) is 6.92 Å². The van der Waals surface area contributed by atoms with Crippen LogP contribution < -0.4 is 10.2 Å². The summed E-state index contributed by atoms with van der Waals surface area (Å²) in [5.41, 5.74) is 0. The lowest BCUT2D eigenvalue weighted by Gasteiger charge is -2.34. The van der Waals surface area contributed by atoms with Crippen LogP contribution in [0.4, 0.5) is 15.7 Å². The number of nitrogens with zero attached hydrogens (tertiary/aromatic N) is 6. The van der Waals surface area contributed by atoms with Crippen LogP contribution in [0.1, 0.15) is 5.01 Å². The van der Waals surface area contributed by atoms with Crippen molar-refractivity contribution in [2.45, 2.75) is 6.92 Å². The molecule has 0 saturated carbocycles. The third-order valence-corrected chi connectivity index (χ3v) is 3.93. The van der Waals surface area contributed by atoms with E-state index in [1.807, 2.05) is 6.92 Å². The van der Waals surface area contributed by atoms with Gasteiger partial charge in [-0.15, -0.1) is 10.2 Å². The van der Waals surface area contributed by atoms with Gasteiger partial charge in [-0.25, -0.2) is 9.78 Å². The molecule has 1 aliphatic rings. The number of anilines is 2. The van der Waals surface area contributed by atoms with E-state index >= 15 is 0 Å². The van der Waals surface area contributed by atoms with Crippen molar-refractivity contribution in [2.75, 3.05) is 36.4 Å². The summed E-state index contributed by atoms with van der Waals surface area (Å²) in [5.74, 6) is 0.845. The summed E-state index contributed by atoms with van der Waals surface area (Å²) in [7, 11) is 0. The summed E-state index contributed by atoms with van der Waals surface area (Å²) in [6, 6.07) is -0.134. The Morgan fingerprint density at radius 3 is 2.67 bits per heavy atom. The van der Waals surface area contributed by atoms with Crippen LogP contribution in [0.5, 0.6) is 0 Å². The van der Waals surface area contributed by atoms with E-state index in [1.165, 1.54) is 11.3 Å². The first kappa shape index (κ1) is 13.7. The van der Waals surface area contributed by atoms with Crippen LogP contribution in [0.2, 0.25) is 0 Å². The second kappa shape index (κ2) is 6.00. The fraction of sp³-hybridized carbons (Fsp3) is 0.417. The highest BCUT2D eigenvalue weighted by Gasteiger charge is 2.22. The van der Waals surface area contributed by atoms with Crippen molar-refractivity contribution < 1.29 is 4.79 Å². The van der Waals surface area contributed by atoms with Crippen molar-refractivity contribution in [1.29, 1.82) is 0 Å². The Morgan fingerprint density at radius 2 is 2.05 bits per heavy atom. The van der Waals surface area contributed by atoms with Crippen LogP contribution in [-0.2, 0) is 0 Å². The molecule has 8 nitrogen and oxygen atoms in total. The molecule has 9 heteroatoms. The minimum absolute atomic E-state index is 0.134. The Bertz CT molecular complexity index is 609. The molecule has 3 heterocycles. The van der Waals surface area contributed by atoms with Gasteiger partial charge in [0.1, 0.15) is 10.8 Å². The highest BCUT2D eigenvalue weighted by atomic mass is 32.1. The van der Waals surface area contributed by atoms with Crippen LogP contribution in [0.3, 0.4) is 0 Å². The molecule has 1 fully saturated rings. The number of amides is 2. The number of urea groups is 1. The molecule has 0 radical (unpaired) electrons. The van der Waals surface area contributed by atoms with E-state index in [0.29, 0.717) is 18.2 Å². The molecule has 0 unspecified atom stereocenters. The predicted molar refractivity (Wildman–Crippen MR) is 79.5 cm³/mol. The molecule has 0 spiro atoms. The SMILES string of the molecule is Cc1nnc(NC(=O)N2CCN(c3cnccn3)CC2)s1. The van der Waals surface area contributed by atoms with Crippen molar-refractivity contribution >= 4 is 28.3 Å². The first-order chi connectivity index (χ1) is 10.2. The molecule has 0 aromatic carbocycles. The van der Waals surface area contributed by atoms with Gasteiger partial charge in [0.2, 0.25) is 5.13 Å². The van der Waals surface area contributed by atoms with Gasteiger partial charge in [0.05, 0.1) is 6.20 Å². The molecular weight excluding hydrogens is 290 g/mol. The molecule has 21 heavy (non-hydrogen) atoms. The number of carbonyl (C=O) groups is 1. The maximum absolute atomic E-state index is 12.1. The number of rotatable bonds is 2. The lowest BCUT2D eigenvalue weighted by molar-refractivity contribution is 0.208. The summed E-state index contributed by atoms with van der Waals surface area (Å²) in [6.45, 7) is 4.61. The molecule has 2 aromatic rings. The van der Waals surface area contributed by atoms with E-state index in [1.54, 1.807) is 23.5 Å². The van der Waals surface area contributed by atoms with Crippen LogP contribution in [0.25, 0.3) is 0 Å². The highest BCUT2D eigenvalue weighted by Crippen LogP contribution is 2.16. The predicted octanol–water partition coefficient (Wildman–Crippen LogP) is 0.991. The van der Waals surface area contributed by atoms with Crippen LogP contribution >= 0.6 is 11.3 Å². The monoisotopic (exact) mass is 305 g/mol. The Morgan fingerprint density at radius 1 is 1.24 bits per heavy atom. The normalized spacial score (nSPS) is 15.1. The number of aryl methyl sites for hydroxylation is 1. The third kappa shape index (κ3) is 3.24. The van der Waals surface area contributed by atoms with E-state index in [2.05, 4.69) is 30.4 Å². The van der Waals surface area contributed by atoms with E-state index in [-0.39, 0.29) is 6.03 Å². The Kier molecular flexibility index (Phi) is 3.91. The lowest BCUT2D eigenvalue weighted by atomic mass is 10.3. The Hall–Kier alpha value is -2.29. The largest absolute Gasteiger partial charge is 0.352 e. The number of piperazine rings is 1. The molecule has 1 saturated heterocycles. The molecule has 1 N–H and O–H groups in total. The fourth-order valence-corrected chi connectivity index (χ4v) is 2.69. The average Bonchev–Trinajstić information content (AvgIpc) is 2.93. The second-order valence-corrected chi connectivity index (χ2v) is 5.78. The lowest BCUT2D eigenvalue weighted by Crippen LogP contribution is -2.50. The molecule has 0 aliphatic carbocycles. The van der Waals surface area contributed by atoms with Gasteiger partial charge in [-0.2, -0.15) is 0 Å². The maximum atomic E-state index is 12.1. The zero-order valence-electron chi connectivity index (χ0n) is 11.6. The fourth-order valence-electron chi connectivity index (χ4n) is 2.11. The average molecular weight is 305 g/mol. The first-order valence-electron chi connectivity index (χ1n) is 6.59. The van der Waals surface area contributed by atoms with Crippen LogP contribution in [-0.4, -0.2) is 57.3 Å². The summed E-state index contributed by atoms with van der Waals surface area (Å²) in [6.07, 6.45) is 5.06. The number of aromatic nitrogens is 4. The van der Waals surface area contributed by atoms with Crippen molar-refractivity contribution in [3.05, 3.63) is 23.6 Å². The van der Waals surface area contributed by atoms with E-state index < -0.39 is 0 Å². The van der Waals surface area contributed by atoms with Crippen molar-refractivity contribution in [2.24, 2.45) is 0 Å². The van der Waals surface area contributed by atoms with Gasteiger partial charge in [0.15, 0.2) is 0 Å². The highest BCUT2D eigenvalue weighted by molar-refractivity contribution is 7.15. The topological polar surface area (TPSA) is 87.1 Å². The number of hydrogen-bond donors (Lipinski definition) is 1. The van der Waals surface area contributed by atoms with Crippen molar-refractivity contribution in [3.63, 3.8) is 0 Å². The molecule has 2 aromatic heterocycles. The van der Waals surface area contributed by atoms with Crippen molar-refractivity contribution in [3.8, 4) is 0 Å². The van der Waals surface area contributed by atoms with Gasteiger partial charge in [-0.3, -0.25) is 10.3 Å². The maximum Gasteiger partial charge on any atom is 0.323 e. The number of carbonyl (C=O) groups excluding carboxylic acids is 1.